The molecule has 0 atom stereocenters. The maximum Gasteiger partial charge on any atom is 0.311 e. The lowest BCUT2D eigenvalue weighted by atomic mass is 10.2. The Morgan fingerprint density at radius 3 is 2.86 bits per heavy atom. The predicted molar refractivity (Wildman–Crippen MR) is 69.9 cm³/mol. The third kappa shape index (κ3) is 3.21. The van der Waals surface area contributed by atoms with Gasteiger partial charge in [-0.1, -0.05) is 5.16 Å². The van der Waals surface area contributed by atoms with Crippen molar-refractivity contribution in [3.63, 3.8) is 0 Å². The van der Waals surface area contributed by atoms with Gasteiger partial charge in [-0.2, -0.15) is 0 Å². The van der Waals surface area contributed by atoms with Gasteiger partial charge in [-0.3, -0.25) is 10.1 Å². The molecule has 0 saturated carbocycles. The summed E-state index contributed by atoms with van der Waals surface area (Å²) in [5, 5.41) is 22.2. The van der Waals surface area contributed by atoms with Gasteiger partial charge in [-0.25, -0.2) is 9.37 Å². The van der Waals surface area contributed by atoms with Crippen molar-refractivity contribution in [1.29, 1.82) is 0 Å². The van der Waals surface area contributed by atoms with E-state index in [-0.39, 0.29) is 17.5 Å². The second-order valence-electron chi connectivity index (χ2n) is 3.84. The third-order valence-electron chi connectivity index (χ3n) is 2.47. The molecule has 0 aliphatic heterocycles. The zero-order valence-electron chi connectivity index (χ0n) is 10.4. The second kappa shape index (κ2) is 5.82. The first-order valence-electron chi connectivity index (χ1n) is 5.57. The number of pyridine rings is 1. The average molecular weight is 292 g/mol. The van der Waals surface area contributed by atoms with Crippen molar-refractivity contribution < 1.29 is 19.3 Å². The largest absolute Gasteiger partial charge is 0.432 e. The van der Waals surface area contributed by atoms with E-state index in [0.717, 1.165) is 18.2 Å². The van der Waals surface area contributed by atoms with Crippen molar-refractivity contribution in [2.45, 2.75) is 0 Å². The summed E-state index contributed by atoms with van der Waals surface area (Å²) in [7, 11) is 0. The lowest BCUT2D eigenvalue weighted by molar-refractivity contribution is -0.385. The van der Waals surface area contributed by atoms with Crippen LogP contribution in [0.2, 0.25) is 0 Å². The van der Waals surface area contributed by atoms with Gasteiger partial charge in [0.1, 0.15) is 5.82 Å². The first-order valence-corrected chi connectivity index (χ1v) is 5.57. The summed E-state index contributed by atoms with van der Waals surface area (Å²) < 4.78 is 18.4. The maximum absolute atomic E-state index is 13.2. The van der Waals surface area contributed by atoms with Gasteiger partial charge in [0.05, 0.1) is 4.92 Å². The number of ether oxygens (including phenoxy) is 1. The fourth-order valence-electron chi connectivity index (χ4n) is 1.52. The molecule has 0 spiro atoms. The van der Waals surface area contributed by atoms with Crippen LogP contribution in [-0.2, 0) is 0 Å². The van der Waals surface area contributed by atoms with E-state index in [1.54, 1.807) is 0 Å². The highest BCUT2D eigenvalue weighted by molar-refractivity contribution is 5.97. The Labute approximate surface area is 117 Å². The van der Waals surface area contributed by atoms with Gasteiger partial charge in [0.15, 0.2) is 5.84 Å². The van der Waals surface area contributed by atoms with Crippen molar-refractivity contribution in [3.05, 3.63) is 58.0 Å². The molecule has 1 aromatic carbocycles. The van der Waals surface area contributed by atoms with Crippen LogP contribution in [-0.4, -0.2) is 21.0 Å². The summed E-state index contributed by atoms with van der Waals surface area (Å²) in [5.41, 5.74) is 5.29. The molecule has 1 heterocycles. The van der Waals surface area contributed by atoms with E-state index >= 15 is 0 Å². The van der Waals surface area contributed by atoms with Crippen LogP contribution < -0.4 is 10.5 Å². The summed E-state index contributed by atoms with van der Waals surface area (Å²) in [6.45, 7) is 0. The van der Waals surface area contributed by atoms with E-state index in [1.807, 2.05) is 0 Å². The molecular weight excluding hydrogens is 283 g/mol. The molecule has 21 heavy (non-hydrogen) atoms. The Hall–Kier alpha value is -3.23. The highest BCUT2D eigenvalue weighted by atomic mass is 19.1. The minimum atomic E-state index is -0.706. The number of oxime groups is 1. The van der Waals surface area contributed by atoms with Gasteiger partial charge < -0.3 is 15.7 Å². The number of hydrogen-bond donors (Lipinski definition) is 2. The summed E-state index contributed by atoms with van der Waals surface area (Å²) in [5.74, 6) is -1.24. The number of rotatable bonds is 4. The zero-order valence-corrected chi connectivity index (χ0v) is 10.4. The average Bonchev–Trinajstić information content (AvgIpc) is 2.46. The molecule has 108 valence electrons. The number of nitro benzene ring substituents is 1. The molecule has 0 aliphatic carbocycles. The first kappa shape index (κ1) is 14.2. The molecule has 0 amide bonds. The molecule has 9 heteroatoms. The summed E-state index contributed by atoms with van der Waals surface area (Å²) >= 11 is 0. The van der Waals surface area contributed by atoms with E-state index < -0.39 is 16.4 Å². The van der Waals surface area contributed by atoms with E-state index in [4.69, 9.17) is 15.7 Å². The topological polar surface area (TPSA) is 124 Å². The molecule has 1 aromatic heterocycles. The number of halogens is 1. The minimum Gasteiger partial charge on any atom is -0.432 e. The number of nitrogens with two attached hydrogens (primary N) is 1. The fraction of sp³-hybridized carbons (Fsp3) is 0. The number of amidine groups is 1. The number of benzene rings is 1. The SMILES string of the molecule is N/C(=N\O)c1ccnc(Oc2cc(F)ccc2[N+](=O)[O-])c1. The van der Waals surface area contributed by atoms with Crippen molar-refractivity contribution in [2.24, 2.45) is 10.9 Å². The Kier molecular flexibility index (Phi) is 3.93. The Morgan fingerprint density at radius 2 is 2.19 bits per heavy atom. The van der Waals surface area contributed by atoms with Crippen LogP contribution in [0.25, 0.3) is 0 Å². The summed E-state index contributed by atoms with van der Waals surface area (Å²) in [4.78, 5) is 14.0. The van der Waals surface area contributed by atoms with Crippen LogP contribution in [0, 0.1) is 15.9 Å². The van der Waals surface area contributed by atoms with Gasteiger partial charge >= 0.3 is 5.69 Å². The van der Waals surface area contributed by atoms with Crippen LogP contribution >= 0.6 is 0 Å². The molecule has 0 saturated heterocycles. The number of aromatic nitrogens is 1. The molecule has 0 unspecified atom stereocenters. The lowest BCUT2D eigenvalue weighted by Gasteiger charge is -2.06. The molecule has 0 fully saturated rings. The van der Waals surface area contributed by atoms with Crippen LogP contribution in [0.1, 0.15) is 5.56 Å². The van der Waals surface area contributed by atoms with Crippen molar-refractivity contribution >= 4 is 11.5 Å². The highest BCUT2D eigenvalue weighted by Crippen LogP contribution is 2.31. The first-order chi connectivity index (χ1) is 10.0. The summed E-state index contributed by atoms with van der Waals surface area (Å²) in [6.07, 6.45) is 1.30. The normalized spacial score (nSPS) is 11.2. The van der Waals surface area contributed by atoms with Gasteiger partial charge in [0.2, 0.25) is 11.6 Å². The lowest BCUT2D eigenvalue weighted by Crippen LogP contribution is -2.13. The van der Waals surface area contributed by atoms with E-state index in [9.17, 15) is 14.5 Å². The monoisotopic (exact) mass is 292 g/mol. The second-order valence-corrected chi connectivity index (χ2v) is 3.84. The summed E-state index contributed by atoms with van der Waals surface area (Å²) in [6, 6.07) is 5.55. The van der Waals surface area contributed by atoms with Crippen LogP contribution in [0.3, 0.4) is 0 Å². The molecule has 0 aliphatic rings. The standard InChI is InChI=1S/C12H9FN4O4/c13-8-1-2-9(17(19)20)10(6-8)21-11-5-7(3-4-15-11)12(14)16-18/h1-6,18H,(H2,14,16). The van der Waals surface area contributed by atoms with Gasteiger partial charge in [-0.15, -0.1) is 0 Å². The molecule has 2 aromatic rings. The number of hydrogen-bond acceptors (Lipinski definition) is 6. The Balaban J connectivity index is 2.38. The molecule has 0 radical (unpaired) electrons. The Morgan fingerprint density at radius 1 is 1.43 bits per heavy atom. The van der Waals surface area contributed by atoms with Crippen molar-refractivity contribution in [3.8, 4) is 11.6 Å². The molecule has 2 rings (SSSR count). The predicted octanol–water partition coefficient (Wildman–Crippen LogP) is 2.02. The van der Waals surface area contributed by atoms with Gasteiger partial charge in [-0.05, 0) is 12.1 Å². The Bertz CT molecular complexity index is 720. The van der Waals surface area contributed by atoms with Crippen molar-refractivity contribution in [1.82, 2.24) is 4.98 Å². The molecular formula is C12H9FN4O4. The quantitative estimate of drug-likeness (QED) is 0.292. The highest BCUT2D eigenvalue weighted by Gasteiger charge is 2.17. The molecule has 8 nitrogen and oxygen atoms in total. The molecule has 3 N–H and O–H groups in total. The zero-order chi connectivity index (χ0) is 15.4. The molecule has 0 bridgehead atoms. The van der Waals surface area contributed by atoms with Crippen LogP contribution in [0.5, 0.6) is 11.6 Å². The van der Waals surface area contributed by atoms with E-state index in [2.05, 4.69) is 10.1 Å². The van der Waals surface area contributed by atoms with E-state index in [0.29, 0.717) is 5.56 Å². The number of nitro groups is 1. The number of nitrogens with zero attached hydrogens (tertiary/aromatic N) is 3. The van der Waals surface area contributed by atoms with Crippen LogP contribution in [0.4, 0.5) is 10.1 Å². The van der Waals surface area contributed by atoms with Crippen LogP contribution in [0.15, 0.2) is 41.7 Å². The van der Waals surface area contributed by atoms with Gasteiger partial charge in [0.25, 0.3) is 0 Å². The van der Waals surface area contributed by atoms with Gasteiger partial charge in [0, 0.05) is 30.0 Å². The van der Waals surface area contributed by atoms with E-state index in [1.165, 1.54) is 18.3 Å². The third-order valence-corrected chi connectivity index (χ3v) is 2.47. The fourth-order valence-corrected chi connectivity index (χ4v) is 1.52. The smallest absolute Gasteiger partial charge is 0.311 e. The maximum atomic E-state index is 13.2. The minimum absolute atomic E-state index is 0.0622. The van der Waals surface area contributed by atoms with Crippen molar-refractivity contribution in [2.75, 3.05) is 0 Å².